The minimum atomic E-state index is -0.103. The van der Waals surface area contributed by atoms with Gasteiger partial charge >= 0.3 is 0 Å². The molecule has 0 bridgehead atoms. The van der Waals surface area contributed by atoms with Crippen molar-refractivity contribution in [3.63, 3.8) is 0 Å². The first-order valence-electron chi connectivity index (χ1n) is 8.42. The molecule has 4 rings (SSSR count). The van der Waals surface area contributed by atoms with Gasteiger partial charge in [0.2, 0.25) is 5.95 Å². The van der Waals surface area contributed by atoms with Crippen LogP contribution in [0, 0.1) is 0 Å². The van der Waals surface area contributed by atoms with E-state index >= 15 is 0 Å². The summed E-state index contributed by atoms with van der Waals surface area (Å²) in [6.45, 7) is 2.61. The maximum atomic E-state index is 5.53. The van der Waals surface area contributed by atoms with E-state index in [9.17, 15) is 0 Å². The Labute approximate surface area is 151 Å². The lowest BCUT2D eigenvalue weighted by Crippen LogP contribution is -2.20. The van der Waals surface area contributed by atoms with Crippen LogP contribution in [0.3, 0.4) is 0 Å². The number of anilines is 1. The van der Waals surface area contributed by atoms with Crippen molar-refractivity contribution in [2.24, 2.45) is 0 Å². The minimum absolute atomic E-state index is 0.103. The van der Waals surface area contributed by atoms with E-state index in [0.29, 0.717) is 12.6 Å². The summed E-state index contributed by atoms with van der Waals surface area (Å²) in [5.41, 5.74) is 3.07. The van der Waals surface area contributed by atoms with Gasteiger partial charge in [-0.3, -0.25) is 0 Å². The van der Waals surface area contributed by atoms with Gasteiger partial charge in [-0.15, -0.1) is 0 Å². The molecule has 0 saturated heterocycles. The largest absolute Gasteiger partial charge is 0.497 e. The SMILES string of the molecule is CCOc1ccc([C@@H]2C=C(c3ccc(OC)cc3)Nc3nnnn32)cc1. The van der Waals surface area contributed by atoms with Gasteiger partial charge in [0.15, 0.2) is 0 Å². The van der Waals surface area contributed by atoms with Crippen LogP contribution in [-0.4, -0.2) is 33.9 Å². The number of tetrazole rings is 1. The average Bonchev–Trinajstić information content (AvgIpc) is 3.17. The standard InChI is InChI=1S/C19H19N5O2/c1-3-26-16-10-6-14(7-11-16)18-12-17(20-19-21-22-23-24(18)19)13-4-8-15(25-2)9-5-13/h4-12,18H,3H2,1-2H3,(H,20,21,23)/t18-/m0/s1. The van der Waals surface area contributed by atoms with Gasteiger partial charge in [0, 0.05) is 5.70 Å². The Balaban J connectivity index is 1.70. The molecule has 3 aromatic rings. The van der Waals surface area contributed by atoms with Crippen molar-refractivity contribution < 1.29 is 9.47 Å². The van der Waals surface area contributed by atoms with E-state index in [0.717, 1.165) is 28.3 Å². The fraction of sp³-hybridized carbons (Fsp3) is 0.211. The molecule has 0 radical (unpaired) electrons. The monoisotopic (exact) mass is 349 g/mol. The molecule has 2 aromatic carbocycles. The molecule has 0 fully saturated rings. The lowest BCUT2D eigenvalue weighted by atomic mass is 10.0. The molecular weight excluding hydrogens is 330 g/mol. The van der Waals surface area contributed by atoms with Crippen molar-refractivity contribution in [2.45, 2.75) is 13.0 Å². The highest BCUT2D eigenvalue weighted by atomic mass is 16.5. The first kappa shape index (κ1) is 16.1. The number of aromatic nitrogens is 4. The van der Waals surface area contributed by atoms with Crippen molar-refractivity contribution in [1.29, 1.82) is 0 Å². The zero-order valence-corrected chi connectivity index (χ0v) is 14.6. The fourth-order valence-electron chi connectivity index (χ4n) is 2.96. The first-order chi connectivity index (χ1) is 12.8. The number of fused-ring (bicyclic) bond motifs is 1. The molecule has 1 aliphatic rings. The summed E-state index contributed by atoms with van der Waals surface area (Å²) in [4.78, 5) is 0. The van der Waals surface area contributed by atoms with Crippen LogP contribution in [0.15, 0.2) is 54.6 Å². The maximum Gasteiger partial charge on any atom is 0.248 e. The van der Waals surface area contributed by atoms with Crippen LogP contribution < -0.4 is 14.8 Å². The molecule has 0 unspecified atom stereocenters. The number of methoxy groups -OCH3 is 1. The van der Waals surface area contributed by atoms with E-state index in [-0.39, 0.29) is 6.04 Å². The third-order valence-corrected chi connectivity index (χ3v) is 4.26. The Bertz CT molecular complexity index is 916. The maximum absolute atomic E-state index is 5.53. The summed E-state index contributed by atoms with van der Waals surface area (Å²) in [5, 5.41) is 15.3. The van der Waals surface area contributed by atoms with Crippen LogP contribution in [-0.2, 0) is 0 Å². The van der Waals surface area contributed by atoms with Gasteiger partial charge in [0.05, 0.1) is 13.7 Å². The second-order valence-corrected chi connectivity index (χ2v) is 5.83. The summed E-state index contributed by atoms with van der Waals surface area (Å²) in [6.07, 6.45) is 2.11. The van der Waals surface area contributed by atoms with Crippen molar-refractivity contribution in [1.82, 2.24) is 20.2 Å². The summed E-state index contributed by atoms with van der Waals surface area (Å²) in [6, 6.07) is 15.8. The van der Waals surface area contributed by atoms with Gasteiger partial charge in [0.25, 0.3) is 0 Å². The van der Waals surface area contributed by atoms with Crippen molar-refractivity contribution in [2.75, 3.05) is 19.0 Å². The quantitative estimate of drug-likeness (QED) is 0.763. The van der Waals surface area contributed by atoms with Crippen LogP contribution >= 0.6 is 0 Å². The van der Waals surface area contributed by atoms with Crippen LogP contribution in [0.5, 0.6) is 11.5 Å². The van der Waals surface area contributed by atoms with E-state index in [1.165, 1.54) is 0 Å². The predicted molar refractivity (Wildman–Crippen MR) is 98.2 cm³/mol. The summed E-state index contributed by atoms with van der Waals surface area (Å²) < 4.78 is 12.5. The molecule has 1 N–H and O–H groups in total. The van der Waals surface area contributed by atoms with Crippen LogP contribution in [0.2, 0.25) is 0 Å². The Hall–Kier alpha value is -3.35. The third kappa shape index (κ3) is 2.99. The van der Waals surface area contributed by atoms with Crippen LogP contribution in [0.25, 0.3) is 5.70 Å². The molecule has 0 aliphatic carbocycles. The topological polar surface area (TPSA) is 74.1 Å². The first-order valence-corrected chi connectivity index (χ1v) is 8.42. The van der Waals surface area contributed by atoms with Crippen LogP contribution in [0.4, 0.5) is 5.95 Å². The Morgan fingerprint density at radius 3 is 2.46 bits per heavy atom. The highest BCUT2D eigenvalue weighted by molar-refractivity contribution is 5.77. The number of hydrogen-bond donors (Lipinski definition) is 1. The molecule has 26 heavy (non-hydrogen) atoms. The fourth-order valence-corrected chi connectivity index (χ4v) is 2.96. The van der Waals surface area contributed by atoms with E-state index in [1.54, 1.807) is 11.8 Å². The summed E-state index contributed by atoms with van der Waals surface area (Å²) in [7, 11) is 1.66. The lowest BCUT2D eigenvalue weighted by molar-refractivity contribution is 0.340. The number of allylic oxidation sites excluding steroid dienone is 1. The Morgan fingerprint density at radius 1 is 1.04 bits per heavy atom. The number of nitrogens with zero attached hydrogens (tertiary/aromatic N) is 4. The molecule has 1 atom stereocenters. The van der Waals surface area contributed by atoms with Gasteiger partial charge in [-0.25, -0.2) is 0 Å². The molecule has 7 heteroatoms. The predicted octanol–water partition coefficient (Wildman–Crippen LogP) is 3.14. The number of rotatable bonds is 5. The Kier molecular flexibility index (Phi) is 4.27. The molecule has 132 valence electrons. The molecule has 0 amide bonds. The van der Waals surface area contributed by atoms with Crippen molar-refractivity contribution in [3.05, 3.63) is 65.7 Å². The lowest BCUT2D eigenvalue weighted by Gasteiger charge is -2.23. The highest BCUT2D eigenvalue weighted by Crippen LogP contribution is 2.32. The van der Waals surface area contributed by atoms with E-state index < -0.39 is 0 Å². The zero-order chi connectivity index (χ0) is 17.9. The molecular formula is C19H19N5O2. The molecule has 7 nitrogen and oxygen atoms in total. The second-order valence-electron chi connectivity index (χ2n) is 5.83. The van der Waals surface area contributed by atoms with E-state index in [1.807, 2.05) is 55.5 Å². The number of nitrogens with one attached hydrogen (secondary N) is 1. The summed E-state index contributed by atoms with van der Waals surface area (Å²) >= 11 is 0. The highest BCUT2D eigenvalue weighted by Gasteiger charge is 2.24. The van der Waals surface area contributed by atoms with Gasteiger partial charge in [0.1, 0.15) is 17.5 Å². The van der Waals surface area contributed by atoms with Gasteiger partial charge in [-0.05, 0) is 71.0 Å². The zero-order valence-electron chi connectivity index (χ0n) is 14.6. The van der Waals surface area contributed by atoms with Gasteiger partial charge in [-0.2, -0.15) is 4.68 Å². The molecule has 1 aromatic heterocycles. The number of hydrogen-bond acceptors (Lipinski definition) is 6. The number of benzene rings is 2. The van der Waals surface area contributed by atoms with Crippen molar-refractivity contribution >= 4 is 11.6 Å². The number of ether oxygens (including phenoxy) is 2. The van der Waals surface area contributed by atoms with Crippen molar-refractivity contribution in [3.8, 4) is 11.5 Å². The van der Waals surface area contributed by atoms with Gasteiger partial charge < -0.3 is 14.8 Å². The molecule has 1 aliphatic heterocycles. The van der Waals surface area contributed by atoms with E-state index in [4.69, 9.17) is 9.47 Å². The smallest absolute Gasteiger partial charge is 0.248 e. The average molecular weight is 349 g/mol. The second kappa shape index (κ2) is 6.87. The summed E-state index contributed by atoms with van der Waals surface area (Å²) in [5.74, 6) is 2.27. The molecule has 0 saturated carbocycles. The normalized spacial score (nSPS) is 15.6. The van der Waals surface area contributed by atoms with Gasteiger partial charge in [-0.1, -0.05) is 17.2 Å². The molecule has 2 heterocycles. The van der Waals surface area contributed by atoms with Crippen LogP contribution in [0.1, 0.15) is 24.1 Å². The molecule has 0 spiro atoms. The minimum Gasteiger partial charge on any atom is -0.497 e. The Morgan fingerprint density at radius 2 is 1.77 bits per heavy atom. The van der Waals surface area contributed by atoms with E-state index in [2.05, 4.69) is 26.9 Å². The third-order valence-electron chi connectivity index (χ3n) is 4.26.